The molecule has 1 fully saturated rings. The van der Waals surface area contributed by atoms with Crippen molar-refractivity contribution in [2.45, 2.75) is 38.4 Å². The first-order chi connectivity index (χ1) is 20.0. The van der Waals surface area contributed by atoms with Gasteiger partial charge in [0.2, 0.25) is 0 Å². The van der Waals surface area contributed by atoms with E-state index in [9.17, 15) is 9.90 Å². The van der Waals surface area contributed by atoms with E-state index >= 15 is 0 Å². The van der Waals surface area contributed by atoms with E-state index in [0.717, 1.165) is 41.9 Å². The molecule has 2 N–H and O–H groups in total. The molecule has 1 aromatic heterocycles. The lowest BCUT2D eigenvalue weighted by Gasteiger charge is -2.42. The fourth-order valence-corrected chi connectivity index (χ4v) is 5.09. The van der Waals surface area contributed by atoms with Crippen LogP contribution in [0.15, 0.2) is 103 Å². The molecule has 1 amide bonds. The Balaban J connectivity index is 1.31. The predicted molar refractivity (Wildman–Crippen MR) is 159 cm³/mol. The Morgan fingerprint density at radius 3 is 2.29 bits per heavy atom. The zero-order valence-electron chi connectivity index (χ0n) is 23.5. The van der Waals surface area contributed by atoms with Crippen LogP contribution in [0.3, 0.4) is 0 Å². The second kappa shape index (κ2) is 13.7. The quantitative estimate of drug-likeness (QED) is 0.260. The molecule has 212 valence electrons. The van der Waals surface area contributed by atoms with Crippen LogP contribution in [-0.2, 0) is 22.5 Å². The number of hydrogen-bond donors (Lipinski definition) is 2. The minimum Gasteiger partial charge on any atom is -0.392 e. The Kier molecular flexibility index (Phi) is 9.54. The highest BCUT2D eigenvalue weighted by atomic mass is 16.7. The van der Waals surface area contributed by atoms with Gasteiger partial charge in [0.25, 0.3) is 5.91 Å². The summed E-state index contributed by atoms with van der Waals surface area (Å²) in [6, 6.07) is 30.7. The smallest absolute Gasteiger partial charge is 0.255 e. The normalized spacial score (nSPS) is 20.6. The van der Waals surface area contributed by atoms with Gasteiger partial charge in [-0.25, -0.2) is 0 Å². The summed E-state index contributed by atoms with van der Waals surface area (Å²) in [4.78, 5) is 19.3. The van der Waals surface area contributed by atoms with Crippen LogP contribution in [0.5, 0.6) is 0 Å². The number of carbonyl (C=O) groups excluding carboxylic acids is 1. The number of nitrogens with one attached hydrogen (secondary N) is 1. The van der Waals surface area contributed by atoms with Gasteiger partial charge in [0.15, 0.2) is 6.29 Å². The van der Waals surface area contributed by atoms with Crippen molar-refractivity contribution in [2.75, 3.05) is 25.5 Å². The number of nitrogens with zero attached hydrogens (tertiary/aromatic N) is 2. The molecule has 1 aliphatic rings. The molecule has 41 heavy (non-hydrogen) atoms. The molecule has 3 aromatic carbocycles. The molecule has 0 bridgehead atoms. The summed E-state index contributed by atoms with van der Waals surface area (Å²) in [5.74, 6) is -0.0644. The SMILES string of the molecule is CC1C(CN(C)CCc2ccccn2)OC(c2ccc(NC(=O)c3ccccc3)cc2)OC1c1ccc(CO)cc1. The number of carbonyl (C=O) groups is 1. The van der Waals surface area contributed by atoms with E-state index in [1.165, 1.54) is 0 Å². The minimum absolute atomic E-state index is 0.00391. The van der Waals surface area contributed by atoms with Gasteiger partial charge in [-0.15, -0.1) is 0 Å². The summed E-state index contributed by atoms with van der Waals surface area (Å²) < 4.78 is 13.2. The van der Waals surface area contributed by atoms with E-state index in [4.69, 9.17) is 9.47 Å². The maximum atomic E-state index is 12.6. The number of pyridine rings is 1. The van der Waals surface area contributed by atoms with Crippen molar-refractivity contribution in [3.05, 3.63) is 131 Å². The number of anilines is 1. The monoisotopic (exact) mass is 551 g/mol. The van der Waals surface area contributed by atoms with Crippen molar-refractivity contribution >= 4 is 11.6 Å². The van der Waals surface area contributed by atoms with E-state index in [-0.39, 0.29) is 30.6 Å². The van der Waals surface area contributed by atoms with Crippen molar-refractivity contribution in [3.8, 4) is 0 Å². The Labute approximate surface area is 241 Å². The number of aliphatic hydroxyl groups excluding tert-OH is 1. The van der Waals surface area contributed by atoms with Gasteiger partial charge < -0.3 is 24.8 Å². The van der Waals surface area contributed by atoms with Crippen molar-refractivity contribution in [1.82, 2.24) is 9.88 Å². The second-order valence-electron chi connectivity index (χ2n) is 10.6. The third-order valence-corrected chi connectivity index (χ3v) is 7.57. The molecule has 0 radical (unpaired) electrons. The zero-order chi connectivity index (χ0) is 28.6. The molecule has 0 aliphatic carbocycles. The molecular formula is C34H37N3O4. The lowest BCUT2D eigenvalue weighted by Crippen LogP contribution is -2.43. The van der Waals surface area contributed by atoms with Crippen LogP contribution in [-0.4, -0.2) is 47.1 Å². The second-order valence-corrected chi connectivity index (χ2v) is 10.6. The van der Waals surface area contributed by atoms with E-state index in [0.29, 0.717) is 11.3 Å². The summed E-state index contributed by atoms with van der Waals surface area (Å²) in [6.07, 6.45) is 1.85. The van der Waals surface area contributed by atoms with Crippen LogP contribution >= 0.6 is 0 Å². The molecule has 4 atom stereocenters. The molecular weight excluding hydrogens is 514 g/mol. The summed E-state index contributed by atoms with van der Waals surface area (Å²) in [6.45, 7) is 3.77. The lowest BCUT2D eigenvalue weighted by atomic mass is 9.90. The number of aromatic nitrogens is 1. The molecule has 4 aromatic rings. The fraction of sp³-hybridized carbons (Fsp3) is 0.294. The van der Waals surface area contributed by atoms with Crippen LogP contribution in [0.4, 0.5) is 5.69 Å². The van der Waals surface area contributed by atoms with E-state index in [2.05, 4.69) is 35.2 Å². The first kappa shape index (κ1) is 28.6. The number of benzene rings is 3. The van der Waals surface area contributed by atoms with Crippen LogP contribution in [0.1, 0.15) is 52.1 Å². The van der Waals surface area contributed by atoms with Gasteiger partial charge in [-0.2, -0.15) is 0 Å². The largest absolute Gasteiger partial charge is 0.392 e. The number of ether oxygens (including phenoxy) is 2. The number of aliphatic hydroxyl groups is 1. The average Bonchev–Trinajstić information content (AvgIpc) is 3.02. The van der Waals surface area contributed by atoms with Gasteiger partial charge in [-0.1, -0.05) is 67.6 Å². The highest BCUT2D eigenvalue weighted by Gasteiger charge is 2.38. The fourth-order valence-electron chi connectivity index (χ4n) is 5.09. The maximum absolute atomic E-state index is 12.6. The maximum Gasteiger partial charge on any atom is 0.255 e. The van der Waals surface area contributed by atoms with Crippen LogP contribution in [0, 0.1) is 5.92 Å². The molecule has 7 heteroatoms. The van der Waals surface area contributed by atoms with Gasteiger partial charge in [0, 0.05) is 54.1 Å². The third-order valence-electron chi connectivity index (χ3n) is 7.57. The van der Waals surface area contributed by atoms with Crippen molar-refractivity contribution < 1.29 is 19.4 Å². The first-order valence-corrected chi connectivity index (χ1v) is 14.1. The van der Waals surface area contributed by atoms with Gasteiger partial charge in [0.05, 0.1) is 18.8 Å². The Morgan fingerprint density at radius 2 is 1.61 bits per heavy atom. The molecule has 7 nitrogen and oxygen atoms in total. The van der Waals surface area contributed by atoms with E-state index < -0.39 is 6.29 Å². The Morgan fingerprint density at radius 1 is 0.902 bits per heavy atom. The van der Waals surface area contributed by atoms with Gasteiger partial charge in [-0.05, 0) is 54.6 Å². The predicted octanol–water partition coefficient (Wildman–Crippen LogP) is 5.79. The number of rotatable bonds is 10. The molecule has 1 saturated heterocycles. The standard InChI is InChI=1S/C34H37N3O4/c1-24-31(22-37(2)21-19-29-10-6-7-20-35-29)40-34(41-32(24)26-13-11-25(23-38)12-14-26)28-15-17-30(18-16-28)36-33(39)27-8-4-3-5-9-27/h3-18,20,24,31-32,34,38H,19,21-23H2,1-2H3,(H,36,39). The molecule has 1 aliphatic heterocycles. The van der Waals surface area contributed by atoms with E-state index in [1.54, 1.807) is 12.1 Å². The molecule has 0 spiro atoms. The van der Waals surface area contributed by atoms with Crippen LogP contribution in [0.2, 0.25) is 0 Å². The van der Waals surface area contributed by atoms with Gasteiger partial charge >= 0.3 is 0 Å². The summed E-state index contributed by atoms with van der Waals surface area (Å²) >= 11 is 0. The van der Waals surface area contributed by atoms with Gasteiger partial charge in [-0.3, -0.25) is 9.78 Å². The topological polar surface area (TPSA) is 83.9 Å². The number of amides is 1. The number of hydrogen-bond acceptors (Lipinski definition) is 6. The summed E-state index contributed by atoms with van der Waals surface area (Å²) in [7, 11) is 2.11. The number of likely N-dealkylation sites (N-methyl/N-ethyl adjacent to an activating group) is 1. The van der Waals surface area contributed by atoms with Crippen LogP contribution in [0.25, 0.3) is 0 Å². The lowest BCUT2D eigenvalue weighted by molar-refractivity contribution is -0.275. The van der Waals surface area contributed by atoms with E-state index in [1.807, 2.05) is 85.1 Å². The third kappa shape index (κ3) is 7.45. The van der Waals surface area contributed by atoms with Gasteiger partial charge in [0.1, 0.15) is 0 Å². The summed E-state index contributed by atoms with van der Waals surface area (Å²) in [5.41, 5.74) is 5.18. The Bertz CT molecular complexity index is 1380. The molecule has 5 rings (SSSR count). The molecule has 0 saturated carbocycles. The zero-order valence-corrected chi connectivity index (χ0v) is 23.5. The minimum atomic E-state index is -0.568. The van der Waals surface area contributed by atoms with Crippen molar-refractivity contribution in [1.29, 1.82) is 0 Å². The first-order valence-electron chi connectivity index (χ1n) is 14.1. The highest BCUT2D eigenvalue weighted by Crippen LogP contribution is 2.42. The average molecular weight is 552 g/mol. The van der Waals surface area contributed by atoms with Crippen molar-refractivity contribution in [2.24, 2.45) is 5.92 Å². The van der Waals surface area contributed by atoms with Crippen molar-refractivity contribution in [3.63, 3.8) is 0 Å². The molecule has 2 heterocycles. The molecule has 4 unspecified atom stereocenters. The highest BCUT2D eigenvalue weighted by molar-refractivity contribution is 6.04. The summed E-state index contributed by atoms with van der Waals surface area (Å²) in [5, 5.41) is 12.5. The Hall–Kier alpha value is -3.88. The van der Waals surface area contributed by atoms with Crippen LogP contribution < -0.4 is 5.32 Å².